The first-order chi connectivity index (χ1) is 8.33. The summed E-state index contributed by atoms with van der Waals surface area (Å²) < 4.78 is 2.71. The van der Waals surface area contributed by atoms with E-state index in [-0.39, 0.29) is 5.78 Å². The van der Waals surface area contributed by atoms with Gasteiger partial charge in [0, 0.05) is 0 Å². The average Bonchev–Trinajstić information content (AvgIpc) is 3.02. The van der Waals surface area contributed by atoms with Gasteiger partial charge in [-0.15, -0.1) is 0 Å². The summed E-state index contributed by atoms with van der Waals surface area (Å²) in [6.07, 6.45) is 4.54. The van der Waals surface area contributed by atoms with Gasteiger partial charge in [0.1, 0.15) is 0 Å². The summed E-state index contributed by atoms with van der Waals surface area (Å²) in [6.45, 7) is 0. The first-order valence-electron chi connectivity index (χ1n) is 5.36. The molecule has 0 aromatic carbocycles. The molecule has 2 aromatic rings. The van der Waals surface area contributed by atoms with E-state index in [0.29, 0.717) is 29.0 Å². The molecule has 3 rings (SSSR count). The summed E-state index contributed by atoms with van der Waals surface area (Å²) in [6, 6.07) is 8.49. The Kier molecular flexibility index (Phi) is 3.17. The molecule has 0 unspecified atom stereocenters. The summed E-state index contributed by atoms with van der Waals surface area (Å²) in [5, 5.41) is 0. The second-order valence-corrected chi connectivity index (χ2v) is 7.85. The molecule has 2 aromatic heterocycles. The van der Waals surface area contributed by atoms with E-state index in [4.69, 9.17) is 0 Å². The zero-order valence-electron chi connectivity index (χ0n) is 9.05. The van der Waals surface area contributed by atoms with E-state index in [0.717, 1.165) is 6.42 Å². The van der Waals surface area contributed by atoms with Crippen LogP contribution in [0.3, 0.4) is 0 Å². The van der Waals surface area contributed by atoms with Crippen molar-refractivity contribution in [3.8, 4) is 0 Å². The summed E-state index contributed by atoms with van der Waals surface area (Å²) in [4.78, 5) is 16.2. The van der Waals surface area contributed by atoms with Crippen LogP contribution in [0.5, 0.6) is 0 Å². The van der Waals surface area contributed by atoms with Crippen molar-refractivity contribution in [3.63, 3.8) is 0 Å². The number of carbonyl (C=O) groups is 1. The van der Waals surface area contributed by atoms with Crippen molar-refractivity contribution in [1.82, 2.24) is 0 Å². The zero-order valence-corrected chi connectivity index (χ0v) is 12.5. The third-order valence-corrected chi connectivity index (χ3v) is 6.66. The molecule has 0 fully saturated rings. The van der Waals surface area contributed by atoms with Gasteiger partial charge in [-0.25, -0.2) is 0 Å². The molecule has 2 heterocycles. The monoisotopic (exact) mass is 354 g/mol. The van der Waals surface area contributed by atoms with Crippen LogP contribution in [0.15, 0.2) is 46.3 Å². The van der Waals surface area contributed by atoms with E-state index in [2.05, 4.69) is 34.1 Å². The van der Waals surface area contributed by atoms with Crippen LogP contribution in [0, 0.1) is 0 Å². The minimum atomic E-state index is 0.147. The van der Waals surface area contributed by atoms with Crippen LogP contribution in [-0.2, 0) is 4.79 Å². The number of allylic oxidation sites excluding steroid dienone is 4. The third kappa shape index (κ3) is 2.38. The Hall–Kier alpha value is -0.851. The molecule has 0 atom stereocenters. The van der Waals surface area contributed by atoms with E-state index in [1.54, 1.807) is 12.2 Å². The standard InChI is InChI=1S/C14H10OSe2/c15-12-8-10(13-3-1-5-16-13)7-11(9-12)14-4-2-6-17-14/h1-6,8-9H,7H2. The van der Waals surface area contributed by atoms with Crippen molar-refractivity contribution in [3.05, 3.63) is 55.2 Å². The second-order valence-electron chi connectivity index (χ2n) is 3.87. The topological polar surface area (TPSA) is 17.1 Å². The normalized spacial score (nSPS) is 15.6. The van der Waals surface area contributed by atoms with Gasteiger partial charge in [0.15, 0.2) is 0 Å². The molecule has 3 heteroatoms. The molecule has 1 aliphatic rings. The van der Waals surface area contributed by atoms with Gasteiger partial charge in [0.25, 0.3) is 0 Å². The van der Waals surface area contributed by atoms with Gasteiger partial charge in [0.05, 0.1) is 0 Å². The Morgan fingerprint density at radius 3 is 1.82 bits per heavy atom. The molecule has 0 saturated carbocycles. The fourth-order valence-electron chi connectivity index (χ4n) is 1.93. The van der Waals surface area contributed by atoms with Crippen molar-refractivity contribution >= 4 is 45.9 Å². The number of hydrogen-bond acceptors (Lipinski definition) is 1. The molecule has 17 heavy (non-hydrogen) atoms. The summed E-state index contributed by atoms with van der Waals surface area (Å²) in [5.74, 6) is 0.147. The van der Waals surface area contributed by atoms with Crippen LogP contribution in [0.2, 0.25) is 0 Å². The fraction of sp³-hybridized carbons (Fsp3) is 0.0714. The predicted octanol–water partition coefficient (Wildman–Crippen LogP) is 2.24. The fourth-order valence-corrected chi connectivity index (χ4v) is 5.05. The molecule has 0 amide bonds. The first-order valence-corrected chi connectivity index (χ1v) is 9.05. The molecule has 0 N–H and O–H groups in total. The van der Waals surface area contributed by atoms with Gasteiger partial charge in [0.2, 0.25) is 0 Å². The number of ketones is 1. The molecule has 0 bridgehead atoms. The van der Waals surface area contributed by atoms with Crippen LogP contribution < -0.4 is 0 Å². The second kappa shape index (κ2) is 4.80. The summed E-state index contributed by atoms with van der Waals surface area (Å²) in [7, 11) is 0. The van der Waals surface area contributed by atoms with Crippen LogP contribution >= 0.6 is 0 Å². The molecule has 0 aliphatic heterocycles. The molecular weight excluding hydrogens is 342 g/mol. The average molecular weight is 352 g/mol. The molecule has 1 nitrogen and oxygen atoms in total. The molecule has 84 valence electrons. The molecule has 0 spiro atoms. The van der Waals surface area contributed by atoms with Crippen molar-refractivity contribution in [2.45, 2.75) is 6.42 Å². The van der Waals surface area contributed by atoms with E-state index < -0.39 is 0 Å². The minimum absolute atomic E-state index is 0.147. The van der Waals surface area contributed by atoms with Crippen molar-refractivity contribution in [2.24, 2.45) is 0 Å². The Morgan fingerprint density at radius 1 is 0.882 bits per heavy atom. The van der Waals surface area contributed by atoms with E-state index in [1.165, 1.54) is 20.0 Å². The Bertz CT molecular complexity index is 534. The van der Waals surface area contributed by atoms with Crippen LogP contribution in [0.4, 0.5) is 0 Å². The number of rotatable bonds is 2. The maximum atomic E-state index is 11.8. The maximum absolute atomic E-state index is 11.8. The van der Waals surface area contributed by atoms with E-state index in [1.807, 2.05) is 0 Å². The van der Waals surface area contributed by atoms with Crippen molar-refractivity contribution < 1.29 is 4.79 Å². The van der Waals surface area contributed by atoms with Crippen molar-refractivity contribution in [1.29, 1.82) is 0 Å². The molecule has 0 radical (unpaired) electrons. The number of hydrogen-bond donors (Lipinski definition) is 0. The Morgan fingerprint density at radius 2 is 1.41 bits per heavy atom. The van der Waals surface area contributed by atoms with Crippen LogP contribution in [0.1, 0.15) is 15.3 Å². The first kappa shape index (κ1) is 11.3. The van der Waals surface area contributed by atoms with Gasteiger partial charge in [-0.05, 0) is 0 Å². The van der Waals surface area contributed by atoms with Gasteiger partial charge >= 0.3 is 112 Å². The van der Waals surface area contributed by atoms with Crippen molar-refractivity contribution in [2.75, 3.05) is 0 Å². The predicted molar refractivity (Wildman–Crippen MR) is 72.3 cm³/mol. The third-order valence-electron chi connectivity index (χ3n) is 2.69. The SMILES string of the molecule is O=C1C=C(c2ccc[se]2)CC(c2ccc[se]2)=C1. The molecular formula is C14H10OSe2. The van der Waals surface area contributed by atoms with E-state index >= 15 is 0 Å². The quantitative estimate of drug-likeness (QED) is 0.758. The Balaban J connectivity index is 1.94. The zero-order chi connectivity index (χ0) is 11.7. The van der Waals surface area contributed by atoms with E-state index in [9.17, 15) is 4.79 Å². The van der Waals surface area contributed by atoms with Gasteiger partial charge in [-0.3, -0.25) is 0 Å². The Labute approximate surface area is 112 Å². The van der Waals surface area contributed by atoms with Gasteiger partial charge < -0.3 is 0 Å². The number of carbonyl (C=O) groups excluding carboxylic acids is 1. The van der Waals surface area contributed by atoms with Crippen LogP contribution in [-0.4, -0.2) is 34.8 Å². The van der Waals surface area contributed by atoms with Crippen LogP contribution in [0.25, 0.3) is 11.1 Å². The van der Waals surface area contributed by atoms with Gasteiger partial charge in [-0.1, -0.05) is 0 Å². The summed E-state index contributed by atoms with van der Waals surface area (Å²) >= 11 is 0.837. The molecule has 1 aliphatic carbocycles. The molecule has 0 saturated heterocycles. The van der Waals surface area contributed by atoms with Gasteiger partial charge in [-0.2, -0.15) is 0 Å². The summed E-state index contributed by atoms with van der Waals surface area (Å²) in [5.41, 5.74) is 2.45.